The lowest BCUT2D eigenvalue weighted by Crippen LogP contribution is -2.43. The van der Waals surface area contributed by atoms with Crippen LogP contribution in [0.25, 0.3) is 0 Å². The first-order valence-electron chi connectivity index (χ1n) is 9.50. The van der Waals surface area contributed by atoms with Gasteiger partial charge in [-0.05, 0) is 32.8 Å². The largest absolute Gasteiger partial charge is 0.475 e. The van der Waals surface area contributed by atoms with Gasteiger partial charge in [0.25, 0.3) is 5.91 Å². The fraction of sp³-hybridized carbons (Fsp3) is 0.700. The van der Waals surface area contributed by atoms with Crippen LogP contribution in [0.2, 0.25) is 0 Å². The molecule has 0 spiro atoms. The molecule has 148 valence electrons. The van der Waals surface area contributed by atoms with Gasteiger partial charge in [0.05, 0.1) is 18.5 Å². The second-order valence-electron chi connectivity index (χ2n) is 6.68. The van der Waals surface area contributed by atoms with Gasteiger partial charge in [0.2, 0.25) is 5.88 Å². The molecule has 0 aliphatic rings. The molecule has 0 aromatic carbocycles. The molecule has 6 nitrogen and oxygen atoms in total. The molecule has 1 N–H and O–H groups in total. The van der Waals surface area contributed by atoms with E-state index in [0.717, 1.165) is 31.2 Å². The molecule has 1 heterocycles. The molecule has 1 atom stereocenters. The summed E-state index contributed by atoms with van der Waals surface area (Å²) in [7, 11) is 1.63. The number of hydrogen-bond acceptors (Lipinski definition) is 5. The van der Waals surface area contributed by atoms with E-state index < -0.39 is 5.60 Å². The molecule has 6 heteroatoms. The van der Waals surface area contributed by atoms with Gasteiger partial charge in [-0.3, -0.25) is 4.79 Å². The second-order valence-corrected chi connectivity index (χ2v) is 6.68. The van der Waals surface area contributed by atoms with Crippen molar-refractivity contribution in [3.63, 3.8) is 0 Å². The van der Waals surface area contributed by atoms with E-state index in [-0.39, 0.29) is 5.91 Å². The van der Waals surface area contributed by atoms with Crippen molar-refractivity contribution in [1.29, 1.82) is 0 Å². The number of carbonyl (C=O) groups is 1. The zero-order valence-corrected chi connectivity index (χ0v) is 16.9. The molecule has 1 aromatic rings. The maximum atomic E-state index is 12.8. The number of hydrogen-bond donors (Lipinski definition) is 1. The summed E-state index contributed by atoms with van der Waals surface area (Å²) >= 11 is 0. The molecule has 0 saturated heterocycles. The van der Waals surface area contributed by atoms with Crippen LogP contribution in [-0.4, -0.2) is 43.4 Å². The summed E-state index contributed by atoms with van der Waals surface area (Å²) in [5.74, 6) is 0.421. The van der Waals surface area contributed by atoms with Crippen LogP contribution in [0.1, 0.15) is 58.4 Å². The van der Waals surface area contributed by atoms with Gasteiger partial charge in [0.1, 0.15) is 12.2 Å². The number of amides is 1. The predicted molar refractivity (Wildman–Crippen MR) is 104 cm³/mol. The van der Waals surface area contributed by atoms with E-state index in [1.54, 1.807) is 13.3 Å². The van der Waals surface area contributed by atoms with Gasteiger partial charge in [0, 0.05) is 19.3 Å². The van der Waals surface area contributed by atoms with Crippen LogP contribution < -0.4 is 10.1 Å². The second kappa shape index (κ2) is 11.9. The number of aryl methyl sites for hydroxylation is 1. The summed E-state index contributed by atoms with van der Waals surface area (Å²) in [6.07, 6.45) is 6.36. The van der Waals surface area contributed by atoms with Crippen LogP contribution in [-0.2, 0) is 14.3 Å². The van der Waals surface area contributed by atoms with Crippen LogP contribution in [0.5, 0.6) is 5.88 Å². The smallest absolute Gasteiger partial charge is 0.256 e. The minimum absolute atomic E-state index is 0.128. The summed E-state index contributed by atoms with van der Waals surface area (Å²) in [6.45, 7) is 9.48. The monoisotopic (exact) mass is 366 g/mol. The standard InChI is InChI=1S/C20H34N2O4/c1-6-8-9-10-20(4,26-11-7-2)19(23)22-17-14-16(3)18(21-15-17)25-13-12-24-5/h14-15H,6-13H2,1-5H3,(H,22,23)/t20-/m1/s1. The minimum atomic E-state index is -0.827. The molecule has 0 radical (unpaired) electrons. The van der Waals surface area contributed by atoms with Gasteiger partial charge in [0.15, 0.2) is 0 Å². The Morgan fingerprint density at radius 2 is 1.96 bits per heavy atom. The Hall–Kier alpha value is -1.66. The summed E-state index contributed by atoms with van der Waals surface area (Å²) < 4.78 is 16.4. The average Bonchev–Trinajstić information content (AvgIpc) is 2.62. The summed E-state index contributed by atoms with van der Waals surface area (Å²) in [5, 5.41) is 2.95. The Kier molecular flexibility index (Phi) is 10.2. The van der Waals surface area contributed by atoms with Crippen LogP contribution in [0.4, 0.5) is 5.69 Å². The van der Waals surface area contributed by atoms with E-state index in [0.29, 0.717) is 37.8 Å². The Balaban J connectivity index is 2.76. The van der Waals surface area contributed by atoms with Gasteiger partial charge >= 0.3 is 0 Å². The SMILES string of the molecule is CCCCC[C@@](C)(OCCC)C(=O)Nc1cnc(OCCOC)c(C)c1. The zero-order chi connectivity index (χ0) is 19.4. The molecule has 1 rings (SSSR count). The first-order valence-corrected chi connectivity index (χ1v) is 9.50. The van der Waals surface area contributed by atoms with Gasteiger partial charge in [-0.15, -0.1) is 0 Å². The molecular weight excluding hydrogens is 332 g/mol. The third-order valence-corrected chi connectivity index (χ3v) is 4.18. The summed E-state index contributed by atoms with van der Waals surface area (Å²) in [5.41, 5.74) is 0.682. The predicted octanol–water partition coefficient (Wildman–Crippen LogP) is 4.12. The maximum Gasteiger partial charge on any atom is 0.256 e. The van der Waals surface area contributed by atoms with Crippen molar-refractivity contribution in [3.8, 4) is 5.88 Å². The van der Waals surface area contributed by atoms with E-state index >= 15 is 0 Å². The zero-order valence-electron chi connectivity index (χ0n) is 16.9. The molecule has 1 aromatic heterocycles. The van der Waals surface area contributed by atoms with Crippen molar-refractivity contribution in [3.05, 3.63) is 17.8 Å². The van der Waals surface area contributed by atoms with Gasteiger partial charge in [-0.2, -0.15) is 0 Å². The lowest BCUT2D eigenvalue weighted by molar-refractivity contribution is -0.140. The van der Waals surface area contributed by atoms with Crippen LogP contribution >= 0.6 is 0 Å². The number of anilines is 1. The Labute approximate surface area is 157 Å². The first kappa shape index (κ1) is 22.4. The van der Waals surface area contributed by atoms with Crippen molar-refractivity contribution in [2.24, 2.45) is 0 Å². The molecule has 0 aliphatic heterocycles. The number of ether oxygens (including phenoxy) is 3. The minimum Gasteiger partial charge on any atom is -0.475 e. The quantitative estimate of drug-likeness (QED) is 0.532. The number of aromatic nitrogens is 1. The topological polar surface area (TPSA) is 69.7 Å². The highest BCUT2D eigenvalue weighted by molar-refractivity contribution is 5.97. The average molecular weight is 367 g/mol. The van der Waals surface area contributed by atoms with Gasteiger partial charge in [-0.25, -0.2) is 4.98 Å². The maximum absolute atomic E-state index is 12.8. The number of methoxy groups -OCH3 is 1. The number of nitrogens with one attached hydrogen (secondary N) is 1. The molecule has 0 aliphatic carbocycles. The number of nitrogens with zero attached hydrogens (tertiary/aromatic N) is 1. The van der Waals surface area contributed by atoms with Gasteiger partial charge in [-0.1, -0.05) is 33.1 Å². The first-order chi connectivity index (χ1) is 12.5. The van der Waals surface area contributed by atoms with Crippen molar-refractivity contribution >= 4 is 11.6 Å². The molecule has 0 saturated carbocycles. The Bertz CT molecular complexity index is 551. The summed E-state index contributed by atoms with van der Waals surface area (Å²) in [6, 6.07) is 1.86. The molecular formula is C20H34N2O4. The molecule has 1 amide bonds. The van der Waals surface area contributed by atoms with Crippen LogP contribution in [0.3, 0.4) is 0 Å². The lowest BCUT2D eigenvalue weighted by atomic mass is 9.96. The fourth-order valence-corrected chi connectivity index (χ4v) is 2.56. The number of unbranched alkanes of at least 4 members (excludes halogenated alkanes) is 2. The van der Waals surface area contributed by atoms with Crippen molar-refractivity contribution < 1.29 is 19.0 Å². The number of rotatable bonds is 13. The normalized spacial score (nSPS) is 13.3. The van der Waals surface area contributed by atoms with Crippen molar-refractivity contribution in [2.75, 3.05) is 32.2 Å². The summed E-state index contributed by atoms with van der Waals surface area (Å²) in [4.78, 5) is 17.1. The Morgan fingerprint density at radius 1 is 1.19 bits per heavy atom. The van der Waals surface area contributed by atoms with Crippen molar-refractivity contribution in [1.82, 2.24) is 4.98 Å². The van der Waals surface area contributed by atoms with E-state index in [4.69, 9.17) is 14.2 Å². The molecule has 0 bridgehead atoms. The third-order valence-electron chi connectivity index (χ3n) is 4.18. The molecule has 26 heavy (non-hydrogen) atoms. The van der Waals surface area contributed by atoms with Crippen LogP contribution in [0.15, 0.2) is 12.3 Å². The highest BCUT2D eigenvalue weighted by atomic mass is 16.5. The third kappa shape index (κ3) is 7.30. The van der Waals surface area contributed by atoms with E-state index in [2.05, 4.69) is 17.2 Å². The molecule has 0 fully saturated rings. The highest BCUT2D eigenvalue weighted by Gasteiger charge is 2.33. The van der Waals surface area contributed by atoms with Crippen molar-refractivity contribution in [2.45, 2.75) is 65.4 Å². The highest BCUT2D eigenvalue weighted by Crippen LogP contribution is 2.24. The Morgan fingerprint density at radius 3 is 2.58 bits per heavy atom. The van der Waals surface area contributed by atoms with E-state index in [1.807, 2.05) is 26.8 Å². The van der Waals surface area contributed by atoms with Gasteiger partial charge < -0.3 is 19.5 Å². The van der Waals surface area contributed by atoms with E-state index in [1.165, 1.54) is 0 Å². The number of pyridine rings is 1. The number of carbonyl (C=O) groups excluding carboxylic acids is 1. The fourth-order valence-electron chi connectivity index (χ4n) is 2.56. The lowest BCUT2D eigenvalue weighted by Gasteiger charge is -2.28. The van der Waals surface area contributed by atoms with Crippen LogP contribution in [0, 0.1) is 6.92 Å². The molecule has 0 unspecified atom stereocenters. The van der Waals surface area contributed by atoms with E-state index in [9.17, 15) is 4.79 Å².